The van der Waals surface area contributed by atoms with Crippen LogP contribution in [0.5, 0.6) is 0 Å². The highest BCUT2D eigenvalue weighted by Gasteiger charge is 2.28. The molecular formula is C11H17ClN2O2. The minimum atomic E-state index is -0.574. The van der Waals surface area contributed by atoms with Crippen LogP contribution in [-0.4, -0.2) is 28.1 Å². The Hall–Kier alpha value is -0.580. The number of ether oxygens (including phenoxy) is 1. The van der Waals surface area contributed by atoms with E-state index in [1.807, 2.05) is 6.92 Å². The molecule has 2 heterocycles. The zero-order valence-electron chi connectivity index (χ0n) is 9.40. The molecule has 5 heteroatoms. The largest absolute Gasteiger partial charge is 0.386 e. The van der Waals surface area contributed by atoms with Gasteiger partial charge in [-0.15, -0.1) is 0 Å². The Balaban J connectivity index is 2.18. The number of nitrogens with zero attached hydrogens (tertiary/aromatic N) is 2. The molecule has 1 fully saturated rings. The molecule has 0 spiro atoms. The van der Waals surface area contributed by atoms with Gasteiger partial charge in [0, 0.05) is 19.1 Å². The smallest absolute Gasteiger partial charge is 0.102 e. The van der Waals surface area contributed by atoms with Gasteiger partial charge in [0.05, 0.1) is 23.5 Å². The first-order valence-electron chi connectivity index (χ1n) is 5.71. The second-order valence-corrected chi connectivity index (χ2v) is 4.52. The summed E-state index contributed by atoms with van der Waals surface area (Å²) in [6.07, 6.45) is 2.99. The van der Waals surface area contributed by atoms with Crippen LogP contribution in [0.25, 0.3) is 0 Å². The third kappa shape index (κ3) is 2.24. The normalized spacial score (nSPS) is 23.3. The molecule has 2 unspecified atom stereocenters. The van der Waals surface area contributed by atoms with Crippen LogP contribution < -0.4 is 0 Å². The van der Waals surface area contributed by atoms with Crippen LogP contribution in [0.15, 0.2) is 6.20 Å². The fourth-order valence-electron chi connectivity index (χ4n) is 2.16. The van der Waals surface area contributed by atoms with E-state index in [1.165, 1.54) is 0 Å². The molecular weight excluding hydrogens is 228 g/mol. The highest BCUT2D eigenvalue weighted by Crippen LogP contribution is 2.32. The van der Waals surface area contributed by atoms with Crippen LogP contribution in [0.1, 0.15) is 31.6 Å². The van der Waals surface area contributed by atoms with Crippen molar-refractivity contribution in [1.82, 2.24) is 9.78 Å². The average Bonchev–Trinajstić information content (AvgIpc) is 2.70. The number of aryl methyl sites for hydroxylation is 1. The SMILES string of the molecule is CCn1ncc(Cl)c1C(O)C1CCCOC1. The number of rotatable bonds is 3. The van der Waals surface area contributed by atoms with Gasteiger partial charge in [0.15, 0.2) is 0 Å². The van der Waals surface area contributed by atoms with Gasteiger partial charge in [-0.2, -0.15) is 5.10 Å². The summed E-state index contributed by atoms with van der Waals surface area (Å²) in [7, 11) is 0. The lowest BCUT2D eigenvalue weighted by Gasteiger charge is -2.27. The molecule has 0 radical (unpaired) electrons. The molecule has 1 aliphatic heterocycles. The molecule has 16 heavy (non-hydrogen) atoms. The van der Waals surface area contributed by atoms with Gasteiger partial charge in [0.2, 0.25) is 0 Å². The van der Waals surface area contributed by atoms with E-state index in [4.69, 9.17) is 16.3 Å². The van der Waals surface area contributed by atoms with Crippen LogP contribution in [0.2, 0.25) is 5.02 Å². The molecule has 0 saturated carbocycles. The second kappa shape index (κ2) is 5.17. The quantitative estimate of drug-likeness (QED) is 0.885. The maximum Gasteiger partial charge on any atom is 0.102 e. The van der Waals surface area contributed by atoms with Gasteiger partial charge < -0.3 is 9.84 Å². The molecule has 1 aliphatic rings. The molecule has 0 bridgehead atoms. The van der Waals surface area contributed by atoms with Gasteiger partial charge in [0.1, 0.15) is 6.10 Å². The van der Waals surface area contributed by atoms with Crippen LogP contribution in [-0.2, 0) is 11.3 Å². The van der Waals surface area contributed by atoms with Crippen LogP contribution in [0, 0.1) is 5.92 Å². The Morgan fingerprint density at radius 3 is 3.19 bits per heavy atom. The summed E-state index contributed by atoms with van der Waals surface area (Å²) in [5.41, 5.74) is 0.722. The molecule has 2 atom stereocenters. The lowest BCUT2D eigenvalue weighted by molar-refractivity contribution is -0.0131. The summed E-state index contributed by atoms with van der Waals surface area (Å²) in [4.78, 5) is 0. The van der Waals surface area contributed by atoms with Crippen molar-refractivity contribution >= 4 is 11.6 Å². The standard InChI is InChI=1S/C11H17ClN2O2/c1-2-14-10(9(12)6-13-14)11(15)8-4-3-5-16-7-8/h6,8,11,15H,2-5,7H2,1H3. The van der Waals surface area contributed by atoms with Crippen molar-refractivity contribution < 1.29 is 9.84 Å². The fourth-order valence-corrected chi connectivity index (χ4v) is 2.41. The molecule has 0 amide bonds. The molecule has 2 rings (SSSR count). The van der Waals surface area contributed by atoms with Crippen molar-refractivity contribution in [2.24, 2.45) is 5.92 Å². The van der Waals surface area contributed by atoms with E-state index >= 15 is 0 Å². The fraction of sp³-hybridized carbons (Fsp3) is 0.727. The highest BCUT2D eigenvalue weighted by molar-refractivity contribution is 6.31. The second-order valence-electron chi connectivity index (χ2n) is 4.12. The third-order valence-electron chi connectivity index (χ3n) is 3.05. The van der Waals surface area contributed by atoms with E-state index in [0.29, 0.717) is 18.2 Å². The first-order valence-corrected chi connectivity index (χ1v) is 6.08. The van der Waals surface area contributed by atoms with Crippen LogP contribution >= 0.6 is 11.6 Å². The van der Waals surface area contributed by atoms with Crippen molar-refractivity contribution in [2.45, 2.75) is 32.4 Å². The molecule has 0 aromatic carbocycles. The lowest BCUT2D eigenvalue weighted by atomic mass is 9.94. The molecule has 4 nitrogen and oxygen atoms in total. The van der Waals surface area contributed by atoms with Gasteiger partial charge in [-0.25, -0.2) is 0 Å². The van der Waals surface area contributed by atoms with Crippen molar-refractivity contribution in [3.05, 3.63) is 16.9 Å². The van der Waals surface area contributed by atoms with E-state index in [2.05, 4.69) is 5.10 Å². The minimum absolute atomic E-state index is 0.133. The zero-order chi connectivity index (χ0) is 11.5. The number of aromatic nitrogens is 2. The summed E-state index contributed by atoms with van der Waals surface area (Å²) < 4.78 is 7.13. The monoisotopic (exact) mass is 244 g/mol. The topological polar surface area (TPSA) is 47.3 Å². The van der Waals surface area contributed by atoms with Crippen molar-refractivity contribution in [1.29, 1.82) is 0 Å². The number of aliphatic hydroxyl groups is 1. The lowest BCUT2D eigenvalue weighted by Crippen LogP contribution is -2.25. The van der Waals surface area contributed by atoms with Crippen LogP contribution in [0.3, 0.4) is 0 Å². The maximum absolute atomic E-state index is 10.3. The van der Waals surface area contributed by atoms with Gasteiger partial charge in [0.25, 0.3) is 0 Å². The Bertz CT molecular complexity index is 348. The Morgan fingerprint density at radius 2 is 2.56 bits per heavy atom. The zero-order valence-corrected chi connectivity index (χ0v) is 10.2. The molecule has 0 aliphatic carbocycles. The van der Waals surface area contributed by atoms with Gasteiger partial charge in [-0.3, -0.25) is 4.68 Å². The maximum atomic E-state index is 10.3. The van der Waals surface area contributed by atoms with E-state index in [1.54, 1.807) is 10.9 Å². The predicted octanol–water partition coefficient (Wildman–Crippen LogP) is 2.02. The Kier molecular flexibility index (Phi) is 3.84. The number of hydrogen-bond donors (Lipinski definition) is 1. The first-order chi connectivity index (χ1) is 7.74. The minimum Gasteiger partial charge on any atom is -0.386 e. The molecule has 1 aromatic rings. The van der Waals surface area contributed by atoms with Crippen molar-refractivity contribution in [3.8, 4) is 0 Å². The van der Waals surface area contributed by atoms with Crippen molar-refractivity contribution in [2.75, 3.05) is 13.2 Å². The highest BCUT2D eigenvalue weighted by atomic mass is 35.5. The number of aliphatic hydroxyl groups excluding tert-OH is 1. The van der Waals surface area contributed by atoms with E-state index in [0.717, 1.165) is 25.1 Å². The molecule has 90 valence electrons. The summed E-state index contributed by atoms with van der Waals surface area (Å²) in [6, 6.07) is 0. The summed E-state index contributed by atoms with van der Waals surface area (Å²) in [6.45, 7) is 4.10. The van der Waals surface area contributed by atoms with Gasteiger partial charge in [-0.1, -0.05) is 11.6 Å². The van der Waals surface area contributed by atoms with Crippen LogP contribution in [0.4, 0.5) is 0 Å². The first kappa shape index (κ1) is 11.9. The summed E-state index contributed by atoms with van der Waals surface area (Å²) >= 11 is 6.05. The van der Waals surface area contributed by atoms with Gasteiger partial charge >= 0.3 is 0 Å². The Labute approximate surface area is 100 Å². The van der Waals surface area contributed by atoms with E-state index in [-0.39, 0.29) is 5.92 Å². The summed E-state index contributed by atoms with van der Waals surface area (Å²) in [5.74, 6) is 0.133. The molecule has 1 aromatic heterocycles. The molecule has 1 N–H and O–H groups in total. The van der Waals surface area contributed by atoms with E-state index < -0.39 is 6.10 Å². The van der Waals surface area contributed by atoms with E-state index in [9.17, 15) is 5.11 Å². The van der Waals surface area contributed by atoms with Gasteiger partial charge in [-0.05, 0) is 19.8 Å². The summed E-state index contributed by atoms with van der Waals surface area (Å²) in [5, 5.41) is 15.0. The predicted molar refractivity (Wildman–Crippen MR) is 61.4 cm³/mol. The molecule has 1 saturated heterocycles. The third-order valence-corrected chi connectivity index (χ3v) is 3.35. The number of hydrogen-bond acceptors (Lipinski definition) is 3. The van der Waals surface area contributed by atoms with Crippen molar-refractivity contribution in [3.63, 3.8) is 0 Å². The Morgan fingerprint density at radius 1 is 1.75 bits per heavy atom. The number of halogens is 1. The average molecular weight is 245 g/mol.